The van der Waals surface area contributed by atoms with Crippen molar-refractivity contribution in [1.29, 1.82) is 0 Å². The fourth-order valence-corrected chi connectivity index (χ4v) is 3.27. The van der Waals surface area contributed by atoms with Gasteiger partial charge in [0.15, 0.2) is 0 Å². The summed E-state index contributed by atoms with van der Waals surface area (Å²) in [5.74, 6) is 1.09. The van der Waals surface area contributed by atoms with Crippen molar-refractivity contribution in [1.82, 2.24) is 4.90 Å². The van der Waals surface area contributed by atoms with Gasteiger partial charge in [0.05, 0.1) is 0 Å². The molecule has 1 aliphatic rings. The molecule has 0 spiro atoms. The van der Waals surface area contributed by atoms with Gasteiger partial charge in [-0.3, -0.25) is 4.79 Å². The van der Waals surface area contributed by atoms with Crippen LogP contribution in [0.4, 0.5) is 0 Å². The van der Waals surface area contributed by atoms with E-state index in [9.17, 15) is 4.79 Å². The fourth-order valence-electron chi connectivity index (χ4n) is 3.27. The predicted octanol–water partition coefficient (Wildman–Crippen LogP) is 3.80. The van der Waals surface area contributed by atoms with E-state index in [0.717, 1.165) is 70.5 Å². The molecule has 1 aromatic carbocycles. The third-order valence-corrected chi connectivity index (χ3v) is 4.68. The smallest absolute Gasteiger partial charge is 0.222 e. The highest BCUT2D eigenvalue weighted by Gasteiger charge is 2.22. The van der Waals surface area contributed by atoms with Crippen LogP contribution in [0.2, 0.25) is 0 Å². The van der Waals surface area contributed by atoms with Crippen LogP contribution in [0.5, 0.6) is 0 Å². The fraction of sp³-hybridized carbons (Fsp3) is 0.632. The number of carbonyl (C=O) groups is 1. The maximum Gasteiger partial charge on any atom is 0.222 e. The quantitative estimate of drug-likeness (QED) is 0.733. The van der Waals surface area contributed by atoms with Crippen LogP contribution in [0.3, 0.4) is 0 Å². The first-order valence-corrected chi connectivity index (χ1v) is 8.81. The van der Waals surface area contributed by atoms with Gasteiger partial charge in [-0.1, -0.05) is 43.2 Å². The molecule has 23 heavy (non-hydrogen) atoms. The van der Waals surface area contributed by atoms with E-state index in [0.29, 0.717) is 12.3 Å². The van der Waals surface area contributed by atoms with Crippen molar-refractivity contribution in [2.75, 3.05) is 19.6 Å². The van der Waals surface area contributed by atoms with Crippen molar-refractivity contribution >= 4 is 18.3 Å². The maximum atomic E-state index is 12.2. The molecule has 0 saturated carbocycles. The Morgan fingerprint density at radius 2 is 1.70 bits per heavy atom. The zero-order valence-corrected chi connectivity index (χ0v) is 14.9. The summed E-state index contributed by atoms with van der Waals surface area (Å²) in [6.07, 6.45) is 8.55. The molecule has 2 N–H and O–H groups in total. The first kappa shape index (κ1) is 20.0. The summed E-state index contributed by atoms with van der Waals surface area (Å²) in [6.45, 7) is 2.65. The molecule has 2 rings (SSSR count). The molecular formula is C19H31ClN2O. The van der Waals surface area contributed by atoms with Crippen LogP contribution in [0, 0.1) is 5.92 Å². The second-order valence-corrected chi connectivity index (χ2v) is 6.47. The highest BCUT2D eigenvalue weighted by atomic mass is 35.5. The lowest BCUT2D eigenvalue weighted by molar-refractivity contribution is -0.132. The number of carbonyl (C=O) groups excluding carboxylic acids is 1. The maximum absolute atomic E-state index is 12.2. The van der Waals surface area contributed by atoms with E-state index in [4.69, 9.17) is 5.73 Å². The molecule has 1 aliphatic heterocycles. The number of likely N-dealkylation sites (tertiary alicyclic amines) is 1. The van der Waals surface area contributed by atoms with Gasteiger partial charge in [-0.25, -0.2) is 0 Å². The normalized spacial score (nSPS) is 15.3. The Morgan fingerprint density at radius 1 is 1.04 bits per heavy atom. The minimum atomic E-state index is 0. The third-order valence-electron chi connectivity index (χ3n) is 4.68. The summed E-state index contributed by atoms with van der Waals surface area (Å²) in [4.78, 5) is 14.3. The number of amides is 1. The summed E-state index contributed by atoms with van der Waals surface area (Å²) in [7, 11) is 0. The van der Waals surface area contributed by atoms with Crippen molar-refractivity contribution in [2.45, 2.75) is 51.4 Å². The molecule has 1 aromatic rings. The van der Waals surface area contributed by atoms with Gasteiger partial charge >= 0.3 is 0 Å². The number of halogens is 1. The Hall–Kier alpha value is -1.06. The standard InChI is InChI=1S/C19H30N2O.ClH/c20-13-7-2-1-6-10-19(22)21-14-11-18(12-15-21)16-17-8-4-3-5-9-17;/h3-5,8-9,18H,1-2,6-7,10-16,20H2;1H. The summed E-state index contributed by atoms with van der Waals surface area (Å²) in [5.41, 5.74) is 6.90. The highest BCUT2D eigenvalue weighted by molar-refractivity contribution is 5.85. The second kappa shape index (κ2) is 11.5. The van der Waals surface area contributed by atoms with Gasteiger partial charge in [0.1, 0.15) is 0 Å². The number of benzene rings is 1. The number of piperidine rings is 1. The number of nitrogens with zero attached hydrogens (tertiary/aromatic N) is 1. The Bertz CT molecular complexity index is 430. The predicted molar refractivity (Wildman–Crippen MR) is 98.8 cm³/mol. The topological polar surface area (TPSA) is 46.3 Å². The van der Waals surface area contributed by atoms with Crippen molar-refractivity contribution in [2.24, 2.45) is 11.7 Å². The van der Waals surface area contributed by atoms with Crippen LogP contribution in [0.15, 0.2) is 30.3 Å². The number of hydrogen-bond acceptors (Lipinski definition) is 2. The zero-order valence-electron chi connectivity index (χ0n) is 14.1. The van der Waals surface area contributed by atoms with E-state index in [2.05, 4.69) is 35.2 Å². The van der Waals surface area contributed by atoms with Crippen molar-refractivity contribution in [3.63, 3.8) is 0 Å². The van der Waals surface area contributed by atoms with Crippen LogP contribution >= 0.6 is 12.4 Å². The molecule has 1 fully saturated rings. The lowest BCUT2D eigenvalue weighted by atomic mass is 9.90. The Balaban J connectivity index is 0.00000264. The third kappa shape index (κ3) is 7.36. The second-order valence-electron chi connectivity index (χ2n) is 6.47. The molecule has 0 bridgehead atoms. The van der Waals surface area contributed by atoms with Crippen LogP contribution in [0.1, 0.15) is 50.5 Å². The Morgan fingerprint density at radius 3 is 2.35 bits per heavy atom. The van der Waals surface area contributed by atoms with E-state index < -0.39 is 0 Å². The van der Waals surface area contributed by atoms with Crippen LogP contribution in [0.25, 0.3) is 0 Å². The molecule has 0 aliphatic carbocycles. The largest absolute Gasteiger partial charge is 0.343 e. The average molecular weight is 339 g/mol. The van der Waals surface area contributed by atoms with Crippen LogP contribution in [-0.2, 0) is 11.2 Å². The van der Waals surface area contributed by atoms with Crippen molar-refractivity contribution in [3.05, 3.63) is 35.9 Å². The van der Waals surface area contributed by atoms with Gasteiger partial charge in [-0.15, -0.1) is 12.4 Å². The molecule has 4 heteroatoms. The molecule has 1 amide bonds. The first-order chi connectivity index (χ1) is 10.8. The lowest BCUT2D eigenvalue weighted by Crippen LogP contribution is -2.38. The SMILES string of the molecule is Cl.NCCCCCCC(=O)N1CCC(Cc2ccccc2)CC1. The van der Waals surface area contributed by atoms with E-state index in [1.165, 1.54) is 5.56 Å². The Labute approximate surface area is 147 Å². The molecule has 1 saturated heterocycles. The van der Waals surface area contributed by atoms with Gasteiger partial charge in [-0.05, 0) is 50.1 Å². The summed E-state index contributed by atoms with van der Waals surface area (Å²) < 4.78 is 0. The van der Waals surface area contributed by atoms with E-state index in [1.54, 1.807) is 0 Å². The minimum Gasteiger partial charge on any atom is -0.343 e. The van der Waals surface area contributed by atoms with Gasteiger partial charge < -0.3 is 10.6 Å². The van der Waals surface area contributed by atoms with E-state index in [-0.39, 0.29) is 12.4 Å². The van der Waals surface area contributed by atoms with Crippen molar-refractivity contribution < 1.29 is 4.79 Å². The van der Waals surface area contributed by atoms with E-state index >= 15 is 0 Å². The minimum absolute atomic E-state index is 0. The molecule has 0 radical (unpaired) electrons. The molecule has 0 atom stereocenters. The van der Waals surface area contributed by atoms with Gasteiger partial charge in [0.2, 0.25) is 5.91 Å². The number of nitrogens with two attached hydrogens (primary N) is 1. The molecular weight excluding hydrogens is 308 g/mol. The lowest BCUT2D eigenvalue weighted by Gasteiger charge is -2.32. The summed E-state index contributed by atoms with van der Waals surface area (Å²) >= 11 is 0. The molecule has 130 valence electrons. The average Bonchev–Trinajstić information content (AvgIpc) is 2.56. The molecule has 0 aromatic heterocycles. The number of rotatable bonds is 8. The number of unbranched alkanes of at least 4 members (excludes halogenated alkanes) is 3. The molecule has 0 unspecified atom stereocenters. The van der Waals surface area contributed by atoms with Crippen LogP contribution < -0.4 is 5.73 Å². The summed E-state index contributed by atoms with van der Waals surface area (Å²) in [6, 6.07) is 10.7. The first-order valence-electron chi connectivity index (χ1n) is 8.81. The van der Waals surface area contributed by atoms with E-state index in [1.807, 2.05) is 0 Å². The van der Waals surface area contributed by atoms with Gasteiger partial charge in [-0.2, -0.15) is 0 Å². The monoisotopic (exact) mass is 338 g/mol. The molecule has 3 nitrogen and oxygen atoms in total. The van der Waals surface area contributed by atoms with Crippen molar-refractivity contribution in [3.8, 4) is 0 Å². The highest BCUT2D eigenvalue weighted by Crippen LogP contribution is 2.22. The molecule has 1 heterocycles. The Kier molecular flexibility index (Phi) is 9.97. The van der Waals surface area contributed by atoms with Gasteiger partial charge in [0.25, 0.3) is 0 Å². The van der Waals surface area contributed by atoms with Crippen LogP contribution in [-0.4, -0.2) is 30.4 Å². The summed E-state index contributed by atoms with van der Waals surface area (Å²) in [5, 5.41) is 0. The number of hydrogen-bond donors (Lipinski definition) is 1. The van der Waals surface area contributed by atoms with Gasteiger partial charge in [0, 0.05) is 19.5 Å². The zero-order chi connectivity index (χ0) is 15.6.